The lowest BCUT2D eigenvalue weighted by atomic mass is 10.1. The maximum Gasteiger partial charge on any atom is 0.192 e. The minimum atomic E-state index is -2.31. The van der Waals surface area contributed by atoms with Gasteiger partial charge < -0.3 is 18.0 Å². The zero-order chi connectivity index (χ0) is 35.1. The van der Waals surface area contributed by atoms with E-state index in [4.69, 9.17) is 44.6 Å². The molecule has 4 heterocycles. The van der Waals surface area contributed by atoms with Crippen LogP contribution in [0.1, 0.15) is 68.5 Å². The van der Waals surface area contributed by atoms with Crippen molar-refractivity contribution in [2.45, 2.75) is 141 Å². The predicted octanol–water partition coefficient (Wildman–Crippen LogP) is 9.59. The Labute approximate surface area is 289 Å². The Kier molecular flexibility index (Phi) is 9.35. The Balaban J connectivity index is 1.65. The molecular formula is C34H56ClN5O4Si3. The lowest BCUT2D eigenvalue weighted by Crippen LogP contribution is -2.54. The van der Waals surface area contributed by atoms with Crippen LogP contribution in [0.3, 0.4) is 0 Å². The number of aromatic nitrogens is 5. The van der Waals surface area contributed by atoms with Crippen LogP contribution >= 0.6 is 11.6 Å². The SMILES string of the molecule is CC(C)(C)[Si](C)(C)OC[C@H]1O[C@@H](n2cnc3c2ncn2c4cc(Cl)ccc4nc32)[C@H](O[Si](C)(C)C(C)(C)C)[C@@H]1O[Si](C)(C)C(C)(C)C. The van der Waals surface area contributed by atoms with E-state index in [1.54, 1.807) is 6.33 Å². The van der Waals surface area contributed by atoms with Crippen molar-refractivity contribution in [3.8, 4) is 0 Å². The molecule has 1 aliphatic rings. The van der Waals surface area contributed by atoms with Gasteiger partial charge in [-0.05, 0) is 72.6 Å². The average Bonchev–Trinajstić information content (AvgIpc) is 3.59. The lowest BCUT2D eigenvalue weighted by Gasteiger charge is -2.44. The Bertz CT molecular complexity index is 1770. The number of ether oxygens (including phenoxy) is 1. The topological polar surface area (TPSA) is 84.9 Å². The molecule has 1 fully saturated rings. The van der Waals surface area contributed by atoms with Crippen LogP contribution < -0.4 is 0 Å². The number of hydrogen-bond donors (Lipinski definition) is 0. The van der Waals surface area contributed by atoms with Gasteiger partial charge >= 0.3 is 0 Å². The van der Waals surface area contributed by atoms with Crippen LogP contribution in [0.15, 0.2) is 30.9 Å². The lowest BCUT2D eigenvalue weighted by molar-refractivity contribution is -0.0470. The van der Waals surface area contributed by atoms with Crippen molar-refractivity contribution < 1.29 is 18.0 Å². The van der Waals surface area contributed by atoms with Gasteiger partial charge in [0.1, 0.15) is 24.6 Å². The Morgan fingerprint density at radius 1 is 0.766 bits per heavy atom. The van der Waals surface area contributed by atoms with E-state index < -0.39 is 37.3 Å². The Morgan fingerprint density at radius 3 is 1.91 bits per heavy atom. The number of rotatable bonds is 8. The molecule has 0 aliphatic carbocycles. The molecule has 3 aromatic heterocycles. The van der Waals surface area contributed by atoms with Crippen molar-refractivity contribution in [3.63, 3.8) is 0 Å². The van der Waals surface area contributed by atoms with Crippen LogP contribution in [0.5, 0.6) is 0 Å². The highest BCUT2D eigenvalue weighted by Crippen LogP contribution is 2.47. The molecule has 0 saturated carbocycles. The molecule has 0 amide bonds. The zero-order valence-corrected chi connectivity index (χ0v) is 34.9. The molecule has 47 heavy (non-hydrogen) atoms. The quantitative estimate of drug-likeness (QED) is 0.168. The fourth-order valence-electron chi connectivity index (χ4n) is 5.16. The molecule has 5 rings (SSSR count). The third-order valence-electron chi connectivity index (χ3n) is 11.4. The summed E-state index contributed by atoms with van der Waals surface area (Å²) in [5, 5.41) is 0.686. The molecule has 9 nitrogen and oxygen atoms in total. The number of fused-ring (bicyclic) bond motifs is 5. The normalized spacial score (nSPS) is 22.3. The molecule has 0 spiro atoms. The van der Waals surface area contributed by atoms with Crippen molar-refractivity contribution in [3.05, 3.63) is 35.9 Å². The minimum absolute atomic E-state index is 0.00209. The number of hydrogen-bond acceptors (Lipinski definition) is 7. The highest BCUT2D eigenvalue weighted by molar-refractivity contribution is 6.75. The molecule has 260 valence electrons. The largest absolute Gasteiger partial charge is 0.414 e. The minimum Gasteiger partial charge on any atom is -0.414 e. The summed E-state index contributed by atoms with van der Waals surface area (Å²) in [5.74, 6) is 0. The standard InChI is InChI=1S/C34H56ClN5O4Si3/c1-32(2,3)45(10,11)41-19-25-27(43-46(12,13)33(4,5)6)28(44-47(14,15)34(7,8)9)31(42-25)40-20-36-26-29(40)37-21-39-24-18-22(35)16-17-23(24)38-30(26)39/h16-18,20-21,25,27-28,31H,19H2,1-15H3/t25-,27-,28-,31-/m1/s1. The summed E-state index contributed by atoms with van der Waals surface area (Å²) in [6.45, 7) is 34.6. The maximum atomic E-state index is 7.35. The Morgan fingerprint density at radius 2 is 1.34 bits per heavy atom. The summed E-state index contributed by atoms with van der Waals surface area (Å²) in [6, 6.07) is 5.68. The second kappa shape index (κ2) is 12.0. The van der Waals surface area contributed by atoms with Crippen LogP contribution in [0, 0.1) is 0 Å². The first-order valence-corrected chi connectivity index (χ1v) is 25.9. The van der Waals surface area contributed by atoms with E-state index >= 15 is 0 Å². The van der Waals surface area contributed by atoms with Crippen LogP contribution in [0.25, 0.3) is 27.8 Å². The fourth-order valence-corrected chi connectivity index (χ4v) is 8.95. The molecular weight excluding hydrogens is 662 g/mol. The average molecular weight is 719 g/mol. The number of nitrogens with zero attached hydrogens (tertiary/aromatic N) is 5. The highest BCUT2D eigenvalue weighted by atomic mass is 35.5. The molecule has 4 atom stereocenters. The third kappa shape index (κ3) is 6.78. The molecule has 0 bridgehead atoms. The van der Waals surface area contributed by atoms with E-state index in [1.165, 1.54) is 0 Å². The number of imidazole rings is 2. The summed E-state index contributed by atoms with van der Waals surface area (Å²) >= 11 is 6.34. The van der Waals surface area contributed by atoms with Gasteiger partial charge in [0.05, 0.1) is 24.0 Å². The van der Waals surface area contributed by atoms with E-state index in [1.807, 2.05) is 33.5 Å². The summed E-state index contributed by atoms with van der Waals surface area (Å²) in [4.78, 5) is 14.7. The van der Waals surface area contributed by atoms with Crippen LogP contribution in [0.2, 0.25) is 59.4 Å². The molecule has 1 aromatic carbocycles. The van der Waals surface area contributed by atoms with Crippen LogP contribution in [-0.4, -0.2) is 73.8 Å². The van der Waals surface area contributed by atoms with E-state index in [0.29, 0.717) is 22.8 Å². The van der Waals surface area contributed by atoms with Gasteiger partial charge in [0.2, 0.25) is 0 Å². The molecule has 13 heteroatoms. The second-order valence-electron chi connectivity index (χ2n) is 17.8. The van der Waals surface area contributed by atoms with Crippen molar-refractivity contribution in [1.82, 2.24) is 23.9 Å². The van der Waals surface area contributed by atoms with Crippen molar-refractivity contribution in [2.24, 2.45) is 0 Å². The molecule has 0 unspecified atom stereocenters. The molecule has 1 saturated heterocycles. The zero-order valence-electron chi connectivity index (χ0n) is 31.2. The number of halogens is 1. The third-order valence-corrected chi connectivity index (χ3v) is 25.1. The van der Waals surface area contributed by atoms with E-state index in [2.05, 4.69) is 102 Å². The molecule has 0 radical (unpaired) electrons. The van der Waals surface area contributed by atoms with Gasteiger partial charge in [0.25, 0.3) is 0 Å². The fraction of sp³-hybridized carbons (Fsp3) is 0.676. The monoisotopic (exact) mass is 717 g/mol. The summed E-state index contributed by atoms with van der Waals surface area (Å²) in [7, 11) is -6.66. The first-order chi connectivity index (χ1) is 21.3. The van der Waals surface area contributed by atoms with E-state index in [-0.39, 0.29) is 27.3 Å². The van der Waals surface area contributed by atoms with E-state index in [0.717, 1.165) is 16.7 Å². The highest BCUT2D eigenvalue weighted by Gasteiger charge is 2.55. The van der Waals surface area contributed by atoms with Crippen molar-refractivity contribution >= 4 is 64.4 Å². The van der Waals surface area contributed by atoms with Gasteiger partial charge in [-0.15, -0.1) is 0 Å². The first-order valence-electron chi connectivity index (χ1n) is 16.8. The van der Waals surface area contributed by atoms with Crippen LogP contribution in [0.4, 0.5) is 0 Å². The molecule has 0 N–H and O–H groups in total. The van der Waals surface area contributed by atoms with E-state index in [9.17, 15) is 0 Å². The first kappa shape index (κ1) is 36.6. The van der Waals surface area contributed by atoms with Gasteiger partial charge in [0.15, 0.2) is 48.0 Å². The summed E-state index contributed by atoms with van der Waals surface area (Å²) in [6.07, 6.45) is 2.02. The smallest absolute Gasteiger partial charge is 0.192 e. The molecule has 4 aromatic rings. The predicted molar refractivity (Wildman–Crippen MR) is 200 cm³/mol. The molecule has 1 aliphatic heterocycles. The van der Waals surface area contributed by atoms with Gasteiger partial charge in [0, 0.05) is 5.02 Å². The Hall–Kier alpha value is -1.65. The van der Waals surface area contributed by atoms with Crippen molar-refractivity contribution in [1.29, 1.82) is 0 Å². The van der Waals surface area contributed by atoms with Gasteiger partial charge in [-0.1, -0.05) is 73.9 Å². The summed E-state index contributed by atoms with van der Waals surface area (Å²) < 4.78 is 32.6. The van der Waals surface area contributed by atoms with Crippen LogP contribution in [-0.2, 0) is 18.0 Å². The number of benzene rings is 1. The van der Waals surface area contributed by atoms with Gasteiger partial charge in [-0.25, -0.2) is 15.0 Å². The maximum absolute atomic E-state index is 7.35. The van der Waals surface area contributed by atoms with Gasteiger partial charge in [-0.2, -0.15) is 0 Å². The van der Waals surface area contributed by atoms with Gasteiger partial charge in [-0.3, -0.25) is 8.97 Å². The summed E-state index contributed by atoms with van der Waals surface area (Å²) in [5.41, 5.74) is 3.82. The van der Waals surface area contributed by atoms with Crippen molar-refractivity contribution in [2.75, 3.05) is 6.61 Å². The second-order valence-corrected chi connectivity index (χ2v) is 32.6.